The van der Waals surface area contributed by atoms with Gasteiger partial charge in [0.1, 0.15) is 5.56 Å². The van der Waals surface area contributed by atoms with E-state index in [0.29, 0.717) is 17.9 Å². The van der Waals surface area contributed by atoms with E-state index in [-0.39, 0.29) is 5.56 Å². The summed E-state index contributed by atoms with van der Waals surface area (Å²) in [5, 5.41) is 12.3. The van der Waals surface area contributed by atoms with Crippen LogP contribution in [0.25, 0.3) is 0 Å². The SMILES string of the molecule is CC(C)=CCNc1cc(C)nc(C)c1C(=O)O. The number of anilines is 1. The van der Waals surface area contributed by atoms with Crippen LogP contribution in [0.15, 0.2) is 17.7 Å². The van der Waals surface area contributed by atoms with Crippen molar-refractivity contribution in [1.82, 2.24) is 4.98 Å². The van der Waals surface area contributed by atoms with Crippen molar-refractivity contribution in [3.8, 4) is 0 Å². The molecule has 1 aromatic rings. The van der Waals surface area contributed by atoms with Crippen molar-refractivity contribution >= 4 is 11.7 Å². The van der Waals surface area contributed by atoms with Crippen LogP contribution in [0.3, 0.4) is 0 Å². The molecule has 0 atom stereocenters. The second-order valence-corrected chi connectivity index (χ2v) is 4.24. The molecule has 0 bridgehead atoms. The molecule has 1 rings (SSSR count). The molecule has 0 aromatic carbocycles. The van der Waals surface area contributed by atoms with E-state index < -0.39 is 5.97 Å². The number of aromatic carboxylic acids is 1. The van der Waals surface area contributed by atoms with Crippen LogP contribution in [0, 0.1) is 13.8 Å². The van der Waals surface area contributed by atoms with Crippen LogP contribution in [0.4, 0.5) is 5.69 Å². The summed E-state index contributed by atoms with van der Waals surface area (Å²) in [4.78, 5) is 15.3. The number of carboxylic acids is 1. The van der Waals surface area contributed by atoms with E-state index in [0.717, 1.165) is 5.69 Å². The zero-order valence-corrected chi connectivity index (χ0v) is 10.7. The molecule has 0 unspecified atom stereocenters. The van der Waals surface area contributed by atoms with Gasteiger partial charge in [0.05, 0.1) is 11.4 Å². The maximum atomic E-state index is 11.2. The van der Waals surface area contributed by atoms with Gasteiger partial charge >= 0.3 is 5.97 Å². The van der Waals surface area contributed by atoms with Gasteiger partial charge in [-0.2, -0.15) is 0 Å². The van der Waals surface area contributed by atoms with Crippen LogP contribution in [-0.4, -0.2) is 22.6 Å². The molecular weight excluding hydrogens is 216 g/mol. The number of rotatable bonds is 4. The molecule has 0 amide bonds. The molecule has 17 heavy (non-hydrogen) atoms. The summed E-state index contributed by atoms with van der Waals surface area (Å²) in [6, 6.07) is 1.76. The van der Waals surface area contributed by atoms with Gasteiger partial charge in [-0.25, -0.2) is 4.79 Å². The van der Waals surface area contributed by atoms with E-state index in [9.17, 15) is 4.79 Å². The van der Waals surface area contributed by atoms with Crippen molar-refractivity contribution in [2.45, 2.75) is 27.7 Å². The van der Waals surface area contributed by atoms with Crippen LogP contribution in [0.5, 0.6) is 0 Å². The standard InChI is InChI=1S/C13H18N2O2/c1-8(2)5-6-14-11-7-9(3)15-10(4)12(11)13(16)17/h5,7H,6H2,1-4H3,(H,14,15)(H,16,17). The fourth-order valence-electron chi connectivity index (χ4n) is 1.60. The molecule has 1 heterocycles. The third kappa shape index (κ3) is 3.59. The van der Waals surface area contributed by atoms with Crippen molar-refractivity contribution < 1.29 is 9.90 Å². The number of carboxylic acid groups (broad SMARTS) is 1. The molecule has 0 aliphatic heterocycles. The van der Waals surface area contributed by atoms with Gasteiger partial charge in [-0.15, -0.1) is 0 Å². The lowest BCUT2D eigenvalue weighted by Gasteiger charge is -2.11. The zero-order chi connectivity index (χ0) is 13.0. The fraction of sp³-hybridized carbons (Fsp3) is 0.385. The Morgan fingerprint density at radius 3 is 2.65 bits per heavy atom. The van der Waals surface area contributed by atoms with E-state index in [2.05, 4.69) is 10.3 Å². The lowest BCUT2D eigenvalue weighted by Crippen LogP contribution is -2.10. The topological polar surface area (TPSA) is 62.2 Å². The molecule has 0 saturated heterocycles. The molecule has 4 heteroatoms. The van der Waals surface area contributed by atoms with Gasteiger partial charge in [-0.05, 0) is 33.8 Å². The molecular formula is C13H18N2O2. The normalized spacial score (nSPS) is 9.88. The van der Waals surface area contributed by atoms with Crippen molar-refractivity contribution in [3.05, 3.63) is 34.7 Å². The van der Waals surface area contributed by atoms with Crippen molar-refractivity contribution in [2.75, 3.05) is 11.9 Å². The highest BCUT2D eigenvalue weighted by Crippen LogP contribution is 2.19. The zero-order valence-electron chi connectivity index (χ0n) is 10.7. The van der Waals surface area contributed by atoms with Gasteiger partial charge in [-0.3, -0.25) is 4.98 Å². The number of aromatic nitrogens is 1. The summed E-state index contributed by atoms with van der Waals surface area (Å²) < 4.78 is 0. The maximum absolute atomic E-state index is 11.2. The number of aryl methyl sites for hydroxylation is 2. The van der Waals surface area contributed by atoms with Gasteiger partial charge < -0.3 is 10.4 Å². The molecule has 4 nitrogen and oxygen atoms in total. The summed E-state index contributed by atoms with van der Waals surface area (Å²) in [6.45, 7) is 8.18. The molecule has 0 aliphatic rings. The monoisotopic (exact) mass is 234 g/mol. The van der Waals surface area contributed by atoms with E-state index >= 15 is 0 Å². The number of carbonyl (C=O) groups is 1. The van der Waals surface area contributed by atoms with E-state index in [1.165, 1.54) is 5.57 Å². The number of pyridine rings is 1. The summed E-state index contributed by atoms with van der Waals surface area (Å²) in [6.07, 6.45) is 2.01. The predicted molar refractivity (Wildman–Crippen MR) is 68.6 cm³/mol. The molecule has 0 aliphatic carbocycles. The number of nitrogens with zero attached hydrogens (tertiary/aromatic N) is 1. The van der Waals surface area contributed by atoms with Crippen LogP contribution >= 0.6 is 0 Å². The number of nitrogens with one attached hydrogen (secondary N) is 1. The first-order valence-electron chi connectivity index (χ1n) is 5.50. The predicted octanol–water partition coefficient (Wildman–Crippen LogP) is 2.77. The number of allylic oxidation sites excluding steroid dienone is 1. The summed E-state index contributed by atoms with van der Waals surface area (Å²) in [5.41, 5.74) is 3.42. The van der Waals surface area contributed by atoms with E-state index in [4.69, 9.17) is 5.11 Å². The van der Waals surface area contributed by atoms with Crippen molar-refractivity contribution in [3.63, 3.8) is 0 Å². The fourth-order valence-corrected chi connectivity index (χ4v) is 1.60. The first-order chi connectivity index (χ1) is 7.91. The quantitative estimate of drug-likeness (QED) is 0.786. The minimum atomic E-state index is -0.949. The van der Waals surface area contributed by atoms with Crippen LogP contribution < -0.4 is 5.32 Å². The van der Waals surface area contributed by atoms with Gasteiger partial charge in [0.2, 0.25) is 0 Å². The Bertz CT molecular complexity index is 461. The Balaban J connectivity index is 3.04. The minimum absolute atomic E-state index is 0.248. The van der Waals surface area contributed by atoms with Gasteiger partial charge in [0, 0.05) is 12.2 Å². The largest absolute Gasteiger partial charge is 0.478 e. The maximum Gasteiger partial charge on any atom is 0.339 e. The lowest BCUT2D eigenvalue weighted by molar-refractivity contribution is 0.0696. The molecule has 1 aromatic heterocycles. The first-order valence-corrected chi connectivity index (χ1v) is 5.50. The number of hydrogen-bond donors (Lipinski definition) is 2. The average molecular weight is 234 g/mol. The highest BCUT2D eigenvalue weighted by Gasteiger charge is 2.14. The average Bonchev–Trinajstić information content (AvgIpc) is 2.14. The Labute approximate surface area is 101 Å². The third-order valence-electron chi connectivity index (χ3n) is 2.35. The summed E-state index contributed by atoms with van der Waals surface area (Å²) in [7, 11) is 0. The first kappa shape index (κ1) is 13.2. The third-order valence-corrected chi connectivity index (χ3v) is 2.35. The molecule has 92 valence electrons. The second kappa shape index (κ2) is 5.48. The minimum Gasteiger partial charge on any atom is -0.478 e. The molecule has 0 fully saturated rings. The van der Waals surface area contributed by atoms with Crippen LogP contribution in [0.2, 0.25) is 0 Å². The Kier molecular flexibility index (Phi) is 4.26. The Morgan fingerprint density at radius 2 is 2.12 bits per heavy atom. The molecule has 2 N–H and O–H groups in total. The van der Waals surface area contributed by atoms with Gasteiger partial charge in [0.15, 0.2) is 0 Å². The van der Waals surface area contributed by atoms with Crippen LogP contribution in [0.1, 0.15) is 35.6 Å². The van der Waals surface area contributed by atoms with E-state index in [1.807, 2.05) is 26.8 Å². The highest BCUT2D eigenvalue weighted by molar-refractivity contribution is 5.95. The van der Waals surface area contributed by atoms with E-state index in [1.54, 1.807) is 13.0 Å². The lowest BCUT2D eigenvalue weighted by atomic mass is 10.1. The molecule has 0 saturated carbocycles. The van der Waals surface area contributed by atoms with Crippen molar-refractivity contribution in [2.24, 2.45) is 0 Å². The number of hydrogen-bond acceptors (Lipinski definition) is 3. The highest BCUT2D eigenvalue weighted by atomic mass is 16.4. The smallest absolute Gasteiger partial charge is 0.339 e. The van der Waals surface area contributed by atoms with Gasteiger partial charge in [0.25, 0.3) is 0 Å². The summed E-state index contributed by atoms with van der Waals surface area (Å²) >= 11 is 0. The Morgan fingerprint density at radius 1 is 1.47 bits per heavy atom. The second-order valence-electron chi connectivity index (χ2n) is 4.24. The molecule has 0 spiro atoms. The summed E-state index contributed by atoms with van der Waals surface area (Å²) in [5.74, 6) is -0.949. The van der Waals surface area contributed by atoms with Crippen molar-refractivity contribution in [1.29, 1.82) is 0 Å². The van der Waals surface area contributed by atoms with Crippen LogP contribution in [-0.2, 0) is 0 Å². The molecule has 0 radical (unpaired) electrons. The van der Waals surface area contributed by atoms with Gasteiger partial charge in [-0.1, -0.05) is 11.6 Å². The Hall–Kier alpha value is -1.84.